The summed E-state index contributed by atoms with van der Waals surface area (Å²) in [5.74, 6) is 0.452. The van der Waals surface area contributed by atoms with E-state index >= 15 is 0 Å². The molecule has 0 aliphatic rings. The highest BCUT2D eigenvalue weighted by Crippen LogP contribution is 2.26. The van der Waals surface area contributed by atoms with Gasteiger partial charge in [-0.1, -0.05) is 0 Å². The summed E-state index contributed by atoms with van der Waals surface area (Å²) in [6, 6.07) is 0. The van der Waals surface area contributed by atoms with Gasteiger partial charge < -0.3 is 14.8 Å². The number of nitro groups is 1. The van der Waals surface area contributed by atoms with Crippen molar-refractivity contribution in [2.45, 2.75) is 19.8 Å². The Bertz CT molecular complexity index is 433. The molecule has 1 N–H and O–H groups in total. The molecule has 114 valence electrons. The van der Waals surface area contributed by atoms with Gasteiger partial charge in [0.25, 0.3) is 0 Å². The van der Waals surface area contributed by atoms with Crippen LogP contribution in [0.1, 0.15) is 18.5 Å². The fraction of sp³-hybridized carbons (Fsp3) is 0.750. The Morgan fingerprint density at radius 3 is 2.75 bits per heavy atom. The number of methoxy groups -OCH3 is 1. The van der Waals surface area contributed by atoms with Crippen LogP contribution >= 0.6 is 0 Å². The molecule has 1 aromatic rings. The molecule has 0 aliphatic heterocycles. The van der Waals surface area contributed by atoms with Gasteiger partial charge in [-0.2, -0.15) is 5.10 Å². The minimum atomic E-state index is -0.404. The number of aryl methyl sites for hydroxylation is 2. The molecular formula is C12H22N4O4. The molecule has 0 saturated heterocycles. The molecule has 0 spiro atoms. The molecule has 1 rings (SSSR count). The molecule has 0 aliphatic carbocycles. The van der Waals surface area contributed by atoms with Gasteiger partial charge in [-0.05, 0) is 19.8 Å². The van der Waals surface area contributed by atoms with Crippen LogP contribution in [-0.2, 0) is 16.5 Å². The summed E-state index contributed by atoms with van der Waals surface area (Å²) in [6.45, 7) is 4.13. The van der Waals surface area contributed by atoms with Gasteiger partial charge in [0, 0.05) is 27.3 Å². The first-order chi connectivity index (χ1) is 9.57. The Morgan fingerprint density at radius 2 is 2.10 bits per heavy atom. The van der Waals surface area contributed by atoms with Gasteiger partial charge in [0.1, 0.15) is 5.69 Å². The number of hydrogen-bond acceptors (Lipinski definition) is 6. The van der Waals surface area contributed by atoms with Crippen molar-refractivity contribution in [3.05, 3.63) is 15.8 Å². The Labute approximate surface area is 118 Å². The van der Waals surface area contributed by atoms with Crippen LogP contribution in [0, 0.1) is 17.0 Å². The Morgan fingerprint density at radius 1 is 1.35 bits per heavy atom. The quantitative estimate of drug-likeness (QED) is 0.398. The van der Waals surface area contributed by atoms with E-state index in [1.165, 1.54) is 4.68 Å². The topological polar surface area (TPSA) is 91.4 Å². The summed E-state index contributed by atoms with van der Waals surface area (Å²) < 4.78 is 11.7. The van der Waals surface area contributed by atoms with Gasteiger partial charge in [-0.3, -0.25) is 10.1 Å². The second-order valence-corrected chi connectivity index (χ2v) is 4.40. The van der Waals surface area contributed by atoms with Gasteiger partial charge in [0.15, 0.2) is 0 Å². The van der Waals surface area contributed by atoms with Crippen LogP contribution < -0.4 is 5.32 Å². The number of anilines is 1. The van der Waals surface area contributed by atoms with Crippen molar-refractivity contribution in [1.82, 2.24) is 9.78 Å². The van der Waals surface area contributed by atoms with Crippen molar-refractivity contribution < 1.29 is 14.4 Å². The fourth-order valence-corrected chi connectivity index (χ4v) is 1.84. The molecule has 1 heterocycles. The van der Waals surface area contributed by atoms with Gasteiger partial charge in [0.05, 0.1) is 18.1 Å². The Kier molecular flexibility index (Phi) is 6.96. The summed E-state index contributed by atoms with van der Waals surface area (Å²) in [7, 11) is 3.33. The summed E-state index contributed by atoms with van der Waals surface area (Å²) in [6.07, 6.45) is 1.76. The van der Waals surface area contributed by atoms with Crippen molar-refractivity contribution in [2.75, 3.05) is 38.8 Å². The van der Waals surface area contributed by atoms with Crippen LogP contribution in [0.4, 0.5) is 11.5 Å². The van der Waals surface area contributed by atoms with Crippen molar-refractivity contribution >= 4 is 11.5 Å². The minimum Gasteiger partial charge on any atom is -0.382 e. The summed E-state index contributed by atoms with van der Waals surface area (Å²) in [4.78, 5) is 10.6. The lowest BCUT2D eigenvalue weighted by Gasteiger charge is -2.06. The molecule has 0 bridgehead atoms. The van der Waals surface area contributed by atoms with Crippen LogP contribution in [0.2, 0.25) is 0 Å². The number of rotatable bonds is 10. The number of nitrogens with one attached hydrogen (secondary N) is 1. The molecule has 0 radical (unpaired) electrons. The normalized spacial score (nSPS) is 10.8. The van der Waals surface area contributed by atoms with Gasteiger partial charge in [-0.25, -0.2) is 4.68 Å². The van der Waals surface area contributed by atoms with Gasteiger partial charge in [0.2, 0.25) is 5.82 Å². The Balaban J connectivity index is 2.30. The van der Waals surface area contributed by atoms with E-state index in [-0.39, 0.29) is 5.69 Å². The smallest absolute Gasteiger partial charge is 0.333 e. The monoisotopic (exact) mass is 286 g/mol. The molecule has 0 unspecified atom stereocenters. The third kappa shape index (κ3) is 4.78. The van der Waals surface area contributed by atoms with Gasteiger partial charge >= 0.3 is 5.69 Å². The van der Waals surface area contributed by atoms with Crippen LogP contribution in [0.3, 0.4) is 0 Å². The minimum absolute atomic E-state index is 0.0452. The maximum absolute atomic E-state index is 11.0. The molecular weight excluding hydrogens is 264 g/mol. The fourth-order valence-electron chi connectivity index (χ4n) is 1.84. The average molecular weight is 286 g/mol. The zero-order valence-corrected chi connectivity index (χ0v) is 12.2. The molecule has 0 atom stereocenters. The number of aromatic nitrogens is 2. The SMILES string of the molecule is COCCOCCCCNc1c([N+](=O)[O-])c(C)nn1C. The molecule has 0 amide bonds. The molecule has 20 heavy (non-hydrogen) atoms. The van der Waals surface area contributed by atoms with E-state index in [1.54, 1.807) is 21.1 Å². The first-order valence-electron chi connectivity index (χ1n) is 6.56. The van der Waals surface area contributed by atoms with E-state index in [4.69, 9.17) is 9.47 Å². The van der Waals surface area contributed by atoms with Crippen molar-refractivity contribution in [1.29, 1.82) is 0 Å². The molecule has 1 aromatic heterocycles. The van der Waals surface area contributed by atoms with E-state index in [0.717, 1.165) is 12.8 Å². The second kappa shape index (κ2) is 8.49. The predicted octanol–water partition coefficient (Wildman–Crippen LogP) is 1.49. The third-order valence-corrected chi connectivity index (χ3v) is 2.81. The molecule has 0 saturated carbocycles. The van der Waals surface area contributed by atoms with E-state index in [0.29, 0.717) is 37.9 Å². The highest BCUT2D eigenvalue weighted by molar-refractivity contribution is 5.59. The molecule has 8 heteroatoms. The zero-order chi connectivity index (χ0) is 15.0. The maximum atomic E-state index is 11.0. The van der Waals surface area contributed by atoms with Crippen LogP contribution in [0.5, 0.6) is 0 Å². The highest BCUT2D eigenvalue weighted by Gasteiger charge is 2.23. The van der Waals surface area contributed by atoms with E-state index in [2.05, 4.69) is 10.4 Å². The maximum Gasteiger partial charge on any atom is 0.333 e. The number of ether oxygens (including phenoxy) is 2. The van der Waals surface area contributed by atoms with Crippen molar-refractivity contribution in [3.8, 4) is 0 Å². The van der Waals surface area contributed by atoms with Crippen LogP contribution in [0.25, 0.3) is 0 Å². The summed E-state index contributed by atoms with van der Waals surface area (Å²) >= 11 is 0. The predicted molar refractivity (Wildman–Crippen MR) is 75.0 cm³/mol. The lowest BCUT2D eigenvalue weighted by atomic mass is 10.3. The first kappa shape index (κ1) is 16.4. The van der Waals surface area contributed by atoms with Crippen molar-refractivity contribution in [2.24, 2.45) is 7.05 Å². The summed E-state index contributed by atoms with van der Waals surface area (Å²) in [5.41, 5.74) is 0.465. The van der Waals surface area contributed by atoms with Crippen molar-refractivity contribution in [3.63, 3.8) is 0 Å². The molecule has 8 nitrogen and oxygen atoms in total. The Hall–Kier alpha value is -1.67. The van der Waals surface area contributed by atoms with Crippen LogP contribution in [0.15, 0.2) is 0 Å². The zero-order valence-electron chi connectivity index (χ0n) is 12.2. The van der Waals surface area contributed by atoms with E-state index in [9.17, 15) is 10.1 Å². The molecule has 0 aromatic carbocycles. The number of hydrogen-bond donors (Lipinski definition) is 1. The highest BCUT2D eigenvalue weighted by atomic mass is 16.6. The first-order valence-corrected chi connectivity index (χ1v) is 6.56. The third-order valence-electron chi connectivity index (χ3n) is 2.81. The second-order valence-electron chi connectivity index (χ2n) is 4.40. The van der Waals surface area contributed by atoms with E-state index < -0.39 is 4.92 Å². The number of nitrogens with zero attached hydrogens (tertiary/aromatic N) is 3. The largest absolute Gasteiger partial charge is 0.382 e. The van der Waals surface area contributed by atoms with E-state index in [1.807, 2.05) is 0 Å². The number of unbranched alkanes of at least 4 members (excludes halogenated alkanes) is 1. The lowest BCUT2D eigenvalue weighted by molar-refractivity contribution is -0.384. The average Bonchev–Trinajstić information content (AvgIpc) is 2.67. The van der Waals surface area contributed by atoms with Crippen LogP contribution in [-0.4, -0.2) is 48.2 Å². The lowest BCUT2D eigenvalue weighted by Crippen LogP contribution is -2.09. The summed E-state index contributed by atoms with van der Waals surface area (Å²) in [5, 5.41) is 18.1. The molecule has 0 fully saturated rings. The standard InChI is InChI=1S/C12H22N4O4/c1-10-11(16(17)18)12(15(2)14-10)13-6-4-5-7-20-9-8-19-3/h13H,4-9H2,1-3H3. The van der Waals surface area contributed by atoms with Gasteiger partial charge in [-0.15, -0.1) is 0 Å².